The highest BCUT2D eigenvalue weighted by molar-refractivity contribution is 5.80. The van der Waals surface area contributed by atoms with E-state index in [0.29, 0.717) is 19.3 Å². The van der Waals surface area contributed by atoms with E-state index in [1.54, 1.807) is 6.08 Å². The van der Waals surface area contributed by atoms with Crippen LogP contribution in [0.25, 0.3) is 0 Å². The summed E-state index contributed by atoms with van der Waals surface area (Å²) in [6, 6.07) is -1.02. The van der Waals surface area contributed by atoms with Crippen LogP contribution < -0.4 is 5.32 Å². The van der Waals surface area contributed by atoms with Crippen molar-refractivity contribution in [1.82, 2.24) is 5.32 Å². The molecule has 1 aliphatic heterocycles. The first-order valence-corrected chi connectivity index (χ1v) is 34.3. The molecule has 0 aliphatic carbocycles. The Morgan fingerprint density at radius 2 is 0.863 bits per heavy atom. The number of allylic oxidation sites excluding steroid dienone is 5. The first-order valence-electron chi connectivity index (χ1n) is 34.3. The van der Waals surface area contributed by atoms with Gasteiger partial charge in [0.15, 0.2) is 12.4 Å². The monoisotopic (exact) mass is 1130 g/mol. The second kappa shape index (κ2) is 57.3. The second-order valence-electron chi connectivity index (χ2n) is 23.9. The van der Waals surface area contributed by atoms with E-state index in [2.05, 4.69) is 50.4 Å². The van der Waals surface area contributed by atoms with Crippen LogP contribution in [-0.2, 0) is 23.8 Å². The van der Waals surface area contributed by atoms with E-state index in [0.717, 1.165) is 64.2 Å². The SMILES string of the molecule is CCCCC/C=C\C/C=C\CCCCCCCCCCCCCCCCCCC(O)C(=O)NC(COC1OC(CO)C(O)C(O)C1OC(=O)CCCCCCCCCCCCCCC)C(O)/C=C/CCCCCCCCCCCC. The smallest absolute Gasteiger partial charge is 0.306 e. The number of ether oxygens (including phenoxy) is 3. The lowest BCUT2D eigenvalue weighted by molar-refractivity contribution is -0.305. The summed E-state index contributed by atoms with van der Waals surface area (Å²) >= 11 is 0. The molecule has 6 N–H and O–H groups in total. The predicted molar refractivity (Wildman–Crippen MR) is 334 cm³/mol. The van der Waals surface area contributed by atoms with Gasteiger partial charge in [0.05, 0.1) is 25.4 Å². The van der Waals surface area contributed by atoms with Gasteiger partial charge in [-0.25, -0.2) is 0 Å². The van der Waals surface area contributed by atoms with Crippen LogP contribution in [-0.4, -0.2) is 99.6 Å². The summed E-state index contributed by atoms with van der Waals surface area (Å²) in [5, 5.41) is 57.1. The van der Waals surface area contributed by atoms with E-state index in [-0.39, 0.29) is 13.0 Å². The summed E-state index contributed by atoms with van der Waals surface area (Å²) in [7, 11) is 0. The highest BCUT2D eigenvalue weighted by atomic mass is 16.7. The third-order valence-corrected chi connectivity index (χ3v) is 16.3. The molecule has 8 atom stereocenters. The Bertz CT molecular complexity index is 1440. The van der Waals surface area contributed by atoms with Crippen molar-refractivity contribution < 1.29 is 49.3 Å². The highest BCUT2D eigenvalue weighted by Crippen LogP contribution is 2.26. The van der Waals surface area contributed by atoms with Crippen LogP contribution in [0.5, 0.6) is 0 Å². The summed E-state index contributed by atoms with van der Waals surface area (Å²) in [5.74, 6) is -1.18. The standard InChI is InChI=1S/C69H129NO10/c1-4-7-10-13-16-19-22-25-26-27-28-29-30-31-32-33-34-35-36-37-39-41-44-47-50-53-56-62(73)68(77)70-60(61(72)55-52-49-46-43-40-24-21-18-15-12-9-6-3)59-78-69-67(66(76)65(75)63(58-71)79-69)80-64(74)57-54-51-48-45-42-38-23-20-17-14-11-8-5-2/h16,19,25-26,52,55,60-63,65-67,69,71-73,75-76H,4-15,17-18,20-24,27-51,53-54,56-59H2,1-3H3,(H,70,77)/b19-16-,26-25-,55-52+. The van der Waals surface area contributed by atoms with Gasteiger partial charge in [-0.15, -0.1) is 0 Å². The van der Waals surface area contributed by atoms with E-state index in [9.17, 15) is 35.1 Å². The van der Waals surface area contributed by atoms with Gasteiger partial charge in [0.2, 0.25) is 5.91 Å². The number of unbranched alkanes of at least 4 members (excludes halogenated alkanes) is 41. The molecule has 11 nitrogen and oxygen atoms in total. The molecule has 0 aromatic carbocycles. The maximum Gasteiger partial charge on any atom is 0.306 e. The van der Waals surface area contributed by atoms with Crippen molar-refractivity contribution in [2.24, 2.45) is 0 Å². The quantitative estimate of drug-likeness (QED) is 0.0195. The number of aliphatic hydroxyl groups is 5. The van der Waals surface area contributed by atoms with Gasteiger partial charge in [-0.05, 0) is 57.8 Å². The van der Waals surface area contributed by atoms with E-state index < -0.39 is 67.4 Å². The summed E-state index contributed by atoms with van der Waals surface area (Å²) in [5.41, 5.74) is 0. The van der Waals surface area contributed by atoms with E-state index >= 15 is 0 Å². The van der Waals surface area contributed by atoms with Crippen LogP contribution in [0.3, 0.4) is 0 Å². The van der Waals surface area contributed by atoms with Crippen LogP contribution in [0, 0.1) is 0 Å². The normalized spacial score (nSPS) is 18.9. The molecule has 0 bridgehead atoms. The Labute approximate surface area is 492 Å². The van der Waals surface area contributed by atoms with Crippen molar-refractivity contribution in [3.63, 3.8) is 0 Å². The fourth-order valence-corrected chi connectivity index (χ4v) is 10.9. The maximum absolute atomic E-state index is 13.5. The molecule has 11 heteroatoms. The van der Waals surface area contributed by atoms with Crippen molar-refractivity contribution in [3.05, 3.63) is 36.5 Å². The number of nitrogens with one attached hydrogen (secondary N) is 1. The number of amides is 1. The highest BCUT2D eigenvalue weighted by Gasteiger charge is 2.47. The van der Waals surface area contributed by atoms with Crippen LogP contribution in [0.15, 0.2) is 36.5 Å². The van der Waals surface area contributed by atoms with Crippen LogP contribution in [0.1, 0.15) is 329 Å². The number of rotatable bonds is 59. The van der Waals surface area contributed by atoms with Gasteiger partial charge in [0.1, 0.15) is 24.4 Å². The van der Waals surface area contributed by atoms with Gasteiger partial charge >= 0.3 is 5.97 Å². The molecular formula is C69H129NO10. The summed E-state index contributed by atoms with van der Waals surface area (Å²) in [6.07, 6.45) is 59.1. The molecule has 1 amide bonds. The van der Waals surface area contributed by atoms with Crippen molar-refractivity contribution in [3.8, 4) is 0 Å². The molecule has 1 rings (SSSR count). The second-order valence-corrected chi connectivity index (χ2v) is 23.9. The predicted octanol–water partition coefficient (Wildman–Crippen LogP) is 17.0. The van der Waals surface area contributed by atoms with Gasteiger partial charge in [0, 0.05) is 6.42 Å². The third kappa shape index (κ3) is 44.4. The zero-order valence-corrected chi connectivity index (χ0v) is 52.2. The third-order valence-electron chi connectivity index (χ3n) is 16.3. The average molecular weight is 1130 g/mol. The first-order chi connectivity index (χ1) is 39.2. The number of esters is 1. The van der Waals surface area contributed by atoms with Gasteiger partial charge in [-0.1, -0.05) is 301 Å². The number of carbonyl (C=O) groups excluding carboxylic acids is 2. The van der Waals surface area contributed by atoms with Crippen LogP contribution in [0.2, 0.25) is 0 Å². The summed E-state index contributed by atoms with van der Waals surface area (Å²) < 4.78 is 17.6. The van der Waals surface area contributed by atoms with Crippen molar-refractivity contribution in [2.75, 3.05) is 13.2 Å². The molecule has 0 spiro atoms. The molecule has 1 heterocycles. The molecule has 8 unspecified atom stereocenters. The summed E-state index contributed by atoms with van der Waals surface area (Å²) in [6.45, 7) is 5.79. The Kier molecular flexibility index (Phi) is 54.4. The topological polar surface area (TPSA) is 175 Å². The van der Waals surface area contributed by atoms with Gasteiger partial charge in [-0.2, -0.15) is 0 Å². The first kappa shape index (κ1) is 75.9. The lowest BCUT2D eigenvalue weighted by Gasteiger charge is -2.41. The Hall–Kier alpha value is -2.12. The van der Waals surface area contributed by atoms with Gasteiger partial charge in [0.25, 0.3) is 0 Å². The minimum Gasteiger partial charge on any atom is -0.454 e. The molecule has 470 valence electrons. The molecule has 1 aliphatic rings. The number of hydrogen-bond acceptors (Lipinski definition) is 10. The molecule has 1 fully saturated rings. The molecular weight excluding hydrogens is 1000 g/mol. The molecule has 0 aromatic rings. The number of hydrogen-bond donors (Lipinski definition) is 6. The minimum atomic E-state index is -1.61. The molecule has 0 radical (unpaired) electrons. The fraction of sp³-hybridized carbons (Fsp3) is 0.884. The van der Waals surface area contributed by atoms with Crippen molar-refractivity contribution >= 4 is 11.9 Å². The van der Waals surface area contributed by atoms with Crippen molar-refractivity contribution in [2.45, 2.75) is 378 Å². The lowest BCUT2D eigenvalue weighted by atomic mass is 9.99. The van der Waals surface area contributed by atoms with E-state index in [4.69, 9.17) is 14.2 Å². The molecule has 0 saturated carbocycles. The average Bonchev–Trinajstić information content (AvgIpc) is 3.51. The minimum absolute atomic E-state index is 0.129. The van der Waals surface area contributed by atoms with E-state index in [1.807, 2.05) is 6.08 Å². The largest absolute Gasteiger partial charge is 0.454 e. The van der Waals surface area contributed by atoms with Crippen LogP contribution in [0.4, 0.5) is 0 Å². The van der Waals surface area contributed by atoms with Crippen molar-refractivity contribution in [1.29, 1.82) is 0 Å². The lowest BCUT2D eigenvalue weighted by Crippen LogP contribution is -2.61. The van der Waals surface area contributed by atoms with Crippen LogP contribution >= 0.6 is 0 Å². The molecule has 0 aromatic heterocycles. The van der Waals surface area contributed by atoms with Gasteiger partial charge < -0.3 is 45.1 Å². The molecule has 1 saturated heterocycles. The Balaban J connectivity index is 2.55. The van der Waals surface area contributed by atoms with Gasteiger partial charge in [-0.3, -0.25) is 9.59 Å². The number of aliphatic hydroxyl groups excluding tert-OH is 5. The Morgan fingerprint density at radius 3 is 1.30 bits per heavy atom. The Morgan fingerprint density at radius 1 is 0.487 bits per heavy atom. The maximum atomic E-state index is 13.5. The number of carbonyl (C=O) groups is 2. The zero-order valence-electron chi connectivity index (χ0n) is 52.2. The summed E-state index contributed by atoms with van der Waals surface area (Å²) in [4.78, 5) is 26.6. The zero-order chi connectivity index (χ0) is 58.2. The van der Waals surface area contributed by atoms with E-state index in [1.165, 1.54) is 218 Å². The fourth-order valence-electron chi connectivity index (χ4n) is 10.9. The molecule has 80 heavy (non-hydrogen) atoms.